The second-order valence-corrected chi connectivity index (χ2v) is 2.83. The van der Waals surface area contributed by atoms with Gasteiger partial charge < -0.3 is 15.9 Å². The van der Waals surface area contributed by atoms with Crippen molar-refractivity contribution in [3.05, 3.63) is 35.9 Å². The molecule has 74 valence electrons. The van der Waals surface area contributed by atoms with Crippen LogP contribution >= 0.6 is 0 Å². The molecule has 0 unspecified atom stereocenters. The molecule has 0 amide bonds. The maximum Gasteiger partial charge on any atom is 0.339 e. The molecule has 0 fully saturated rings. The summed E-state index contributed by atoms with van der Waals surface area (Å²) in [7, 11) is 0. The number of carboxylic acid groups (broad SMARTS) is 1. The van der Waals surface area contributed by atoms with Crippen LogP contribution in [0.1, 0.15) is 15.9 Å². The Kier molecular flexibility index (Phi) is 2.76. The lowest BCUT2D eigenvalue weighted by Crippen LogP contribution is -2.01. The molecule has 0 aliphatic carbocycles. The van der Waals surface area contributed by atoms with Crippen LogP contribution in [0.25, 0.3) is 0 Å². The lowest BCUT2D eigenvalue weighted by molar-refractivity contribution is 0.0693. The quantitative estimate of drug-likeness (QED) is 0.500. The van der Waals surface area contributed by atoms with Crippen LogP contribution in [0.5, 0.6) is 5.75 Å². The second-order valence-electron chi connectivity index (χ2n) is 2.83. The molecule has 0 saturated carbocycles. The first-order valence-electron chi connectivity index (χ1n) is 4.02. The Bertz CT molecular complexity index is 385. The Morgan fingerprint density at radius 1 is 1.57 bits per heavy atom. The van der Waals surface area contributed by atoms with Gasteiger partial charge in [0.15, 0.2) is 0 Å². The van der Waals surface area contributed by atoms with E-state index in [2.05, 4.69) is 6.58 Å². The monoisotopic (exact) mass is 193 g/mol. The van der Waals surface area contributed by atoms with E-state index in [1.165, 1.54) is 12.1 Å². The number of rotatable bonds is 3. The normalized spacial score (nSPS) is 9.71. The molecule has 1 aromatic rings. The third kappa shape index (κ3) is 1.69. The minimum Gasteiger partial charge on any atom is -0.507 e. The summed E-state index contributed by atoms with van der Waals surface area (Å²) in [6.07, 6.45) is 1.90. The molecule has 0 bridgehead atoms. The number of phenols is 1. The van der Waals surface area contributed by atoms with Crippen LogP contribution in [0.3, 0.4) is 0 Å². The number of hydrogen-bond acceptors (Lipinski definition) is 3. The summed E-state index contributed by atoms with van der Waals surface area (Å²) >= 11 is 0. The molecule has 4 N–H and O–H groups in total. The summed E-state index contributed by atoms with van der Waals surface area (Å²) in [6, 6.07) is 2.74. The molecular weight excluding hydrogens is 182 g/mol. The lowest BCUT2D eigenvalue weighted by Gasteiger charge is -2.08. The number of nitrogens with two attached hydrogens (primary N) is 1. The zero-order valence-corrected chi connectivity index (χ0v) is 7.53. The number of carbonyl (C=O) groups is 1. The number of allylic oxidation sites excluding steroid dienone is 1. The Morgan fingerprint density at radius 3 is 2.71 bits per heavy atom. The summed E-state index contributed by atoms with van der Waals surface area (Å²) in [5.74, 6) is -1.45. The molecule has 1 rings (SSSR count). The topological polar surface area (TPSA) is 83.6 Å². The molecule has 4 nitrogen and oxygen atoms in total. The molecule has 0 aliphatic rings. The van der Waals surface area contributed by atoms with E-state index in [1.54, 1.807) is 6.08 Å². The SMILES string of the molecule is C=CCc1c(N)ccc(C(=O)O)c1O. The van der Waals surface area contributed by atoms with Crippen molar-refractivity contribution in [1.82, 2.24) is 0 Å². The van der Waals surface area contributed by atoms with Gasteiger partial charge in [-0.05, 0) is 18.6 Å². The van der Waals surface area contributed by atoms with E-state index in [-0.39, 0.29) is 11.3 Å². The first-order chi connectivity index (χ1) is 6.57. The Labute approximate surface area is 81.3 Å². The first-order valence-corrected chi connectivity index (χ1v) is 4.02. The minimum atomic E-state index is -1.17. The summed E-state index contributed by atoms with van der Waals surface area (Å²) in [5.41, 5.74) is 6.20. The number of carboxylic acids is 1. The molecule has 0 aromatic heterocycles. The summed E-state index contributed by atoms with van der Waals surface area (Å²) in [4.78, 5) is 10.7. The predicted molar refractivity (Wildman–Crippen MR) is 53.4 cm³/mol. The van der Waals surface area contributed by atoms with Crippen molar-refractivity contribution >= 4 is 11.7 Å². The molecule has 0 spiro atoms. The first kappa shape index (κ1) is 10.1. The van der Waals surface area contributed by atoms with Crippen molar-refractivity contribution in [1.29, 1.82) is 0 Å². The van der Waals surface area contributed by atoms with Gasteiger partial charge in [-0.25, -0.2) is 4.79 Å². The van der Waals surface area contributed by atoms with Crippen molar-refractivity contribution < 1.29 is 15.0 Å². The zero-order valence-electron chi connectivity index (χ0n) is 7.53. The van der Waals surface area contributed by atoms with Crippen LogP contribution in [0.15, 0.2) is 24.8 Å². The summed E-state index contributed by atoms with van der Waals surface area (Å²) < 4.78 is 0. The molecule has 0 atom stereocenters. The molecule has 1 aromatic carbocycles. The van der Waals surface area contributed by atoms with Crippen LogP contribution in [0.2, 0.25) is 0 Å². The van der Waals surface area contributed by atoms with Gasteiger partial charge in [0.2, 0.25) is 0 Å². The fourth-order valence-electron chi connectivity index (χ4n) is 1.18. The van der Waals surface area contributed by atoms with Gasteiger partial charge in [0.05, 0.1) is 0 Å². The maximum absolute atomic E-state index is 10.7. The molecule has 14 heavy (non-hydrogen) atoms. The Balaban J connectivity index is 3.32. The number of aromatic hydroxyl groups is 1. The average molecular weight is 193 g/mol. The highest BCUT2D eigenvalue weighted by molar-refractivity contribution is 5.92. The smallest absolute Gasteiger partial charge is 0.339 e. The molecular formula is C10H11NO3. The molecule has 0 saturated heterocycles. The highest BCUT2D eigenvalue weighted by Crippen LogP contribution is 2.28. The van der Waals surface area contributed by atoms with E-state index >= 15 is 0 Å². The Morgan fingerprint density at radius 2 is 2.21 bits per heavy atom. The van der Waals surface area contributed by atoms with Crippen LogP contribution in [-0.2, 0) is 6.42 Å². The highest BCUT2D eigenvalue weighted by atomic mass is 16.4. The van der Waals surface area contributed by atoms with Gasteiger partial charge >= 0.3 is 5.97 Å². The van der Waals surface area contributed by atoms with Crippen LogP contribution in [-0.4, -0.2) is 16.2 Å². The number of aromatic carboxylic acids is 1. The molecule has 0 radical (unpaired) electrons. The van der Waals surface area contributed by atoms with E-state index < -0.39 is 5.97 Å². The van der Waals surface area contributed by atoms with Crippen LogP contribution < -0.4 is 5.73 Å². The van der Waals surface area contributed by atoms with Gasteiger partial charge in [-0.2, -0.15) is 0 Å². The van der Waals surface area contributed by atoms with Crippen molar-refractivity contribution in [2.75, 3.05) is 5.73 Å². The van der Waals surface area contributed by atoms with Gasteiger partial charge in [0.1, 0.15) is 11.3 Å². The van der Waals surface area contributed by atoms with Crippen molar-refractivity contribution in [2.24, 2.45) is 0 Å². The predicted octanol–water partition coefficient (Wildman–Crippen LogP) is 1.40. The zero-order chi connectivity index (χ0) is 10.7. The van der Waals surface area contributed by atoms with Crippen molar-refractivity contribution in [3.63, 3.8) is 0 Å². The fourth-order valence-corrected chi connectivity index (χ4v) is 1.18. The number of nitrogen functional groups attached to an aromatic ring is 1. The summed E-state index contributed by atoms with van der Waals surface area (Å²) in [6.45, 7) is 3.50. The molecule has 4 heteroatoms. The highest BCUT2D eigenvalue weighted by Gasteiger charge is 2.14. The van der Waals surface area contributed by atoms with Gasteiger partial charge in [-0.3, -0.25) is 0 Å². The molecule has 0 heterocycles. The standard InChI is InChI=1S/C10H11NO3/c1-2-3-6-8(11)5-4-7(9(6)12)10(13)14/h2,4-5,12H,1,3,11H2,(H,13,14). The second kappa shape index (κ2) is 3.83. The third-order valence-corrected chi connectivity index (χ3v) is 1.90. The summed E-state index contributed by atoms with van der Waals surface area (Å²) in [5, 5.41) is 18.3. The van der Waals surface area contributed by atoms with E-state index in [1.807, 2.05) is 0 Å². The van der Waals surface area contributed by atoms with Crippen molar-refractivity contribution in [3.8, 4) is 5.75 Å². The van der Waals surface area contributed by atoms with Crippen molar-refractivity contribution in [2.45, 2.75) is 6.42 Å². The van der Waals surface area contributed by atoms with Gasteiger partial charge in [-0.15, -0.1) is 6.58 Å². The average Bonchev–Trinajstić information content (AvgIpc) is 2.11. The maximum atomic E-state index is 10.7. The number of benzene rings is 1. The number of anilines is 1. The van der Waals surface area contributed by atoms with E-state index in [0.717, 1.165) is 0 Å². The lowest BCUT2D eigenvalue weighted by atomic mass is 10.0. The van der Waals surface area contributed by atoms with E-state index in [4.69, 9.17) is 10.8 Å². The third-order valence-electron chi connectivity index (χ3n) is 1.90. The van der Waals surface area contributed by atoms with Gasteiger partial charge in [0, 0.05) is 11.3 Å². The van der Waals surface area contributed by atoms with Gasteiger partial charge in [0.25, 0.3) is 0 Å². The van der Waals surface area contributed by atoms with E-state index in [9.17, 15) is 9.90 Å². The van der Waals surface area contributed by atoms with Crippen LogP contribution in [0.4, 0.5) is 5.69 Å². The van der Waals surface area contributed by atoms with Crippen LogP contribution in [0, 0.1) is 0 Å². The fraction of sp³-hybridized carbons (Fsp3) is 0.100. The van der Waals surface area contributed by atoms with Gasteiger partial charge in [-0.1, -0.05) is 6.08 Å². The van der Waals surface area contributed by atoms with E-state index in [0.29, 0.717) is 17.7 Å². The Hall–Kier alpha value is -1.97. The minimum absolute atomic E-state index is 0.143. The molecule has 0 aliphatic heterocycles. The largest absolute Gasteiger partial charge is 0.507 e. The number of hydrogen-bond donors (Lipinski definition) is 3.